The minimum atomic E-state index is -0.791. The van der Waals surface area contributed by atoms with Crippen molar-refractivity contribution in [3.63, 3.8) is 0 Å². The SMILES string of the molecule is CCCCC(CC=C(C)C(=O)O)CCC. The minimum Gasteiger partial charge on any atom is -0.478 e. The maximum absolute atomic E-state index is 10.6. The van der Waals surface area contributed by atoms with Gasteiger partial charge in [0.25, 0.3) is 0 Å². The third kappa shape index (κ3) is 7.18. The highest BCUT2D eigenvalue weighted by atomic mass is 16.4. The van der Waals surface area contributed by atoms with E-state index in [0.717, 1.165) is 6.42 Å². The fourth-order valence-electron chi connectivity index (χ4n) is 1.71. The van der Waals surface area contributed by atoms with Gasteiger partial charge in [0, 0.05) is 5.57 Å². The second kappa shape index (κ2) is 8.51. The summed E-state index contributed by atoms with van der Waals surface area (Å²) in [6.45, 7) is 6.05. The molecule has 0 amide bonds. The van der Waals surface area contributed by atoms with E-state index in [2.05, 4.69) is 13.8 Å². The van der Waals surface area contributed by atoms with Gasteiger partial charge in [0.05, 0.1) is 0 Å². The van der Waals surface area contributed by atoms with Crippen molar-refractivity contribution in [3.8, 4) is 0 Å². The lowest BCUT2D eigenvalue weighted by atomic mass is 9.93. The first-order chi connectivity index (χ1) is 7.11. The molecule has 1 atom stereocenters. The number of rotatable bonds is 8. The molecule has 1 N–H and O–H groups in total. The van der Waals surface area contributed by atoms with E-state index < -0.39 is 5.97 Å². The van der Waals surface area contributed by atoms with Gasteiger partial charge in [0.15, 0.2) is 0 Å². The smallest absolute Gasteiger partial charge is 0.330 e. The summed E-state index contributed by atoms with van der Waals surface area (Å²) in [6.07, 6.45) is 8.90. The molecule has 1 unspecified atom stereocenters. The van der Waals surface area contributed by atoms with Crippen molar-refractivity contribution in [2.45, 2.75) is 59.3 Å². The number of carbonyl (C=O) groups is 1. The molecule has 0 spiro atoms. The summed E-state index contributed by atoms with van der Waals surface area (Å²) < 4.78 is 0. The molecule has 0 aliphatic heterocycles. The molecule has 0 saturated heterocycles. The molecule has 88 valence electrons. The van der Waals surface area contributed by atoms with Gasteiger partial charge in [-0.3, -0.25) is 0 Å². The van der Waals surface area contributed by atoms with Crippen molar-refractivity contribution >= 4 is 5.97 Å². The summed E-state index contributed by atoms with van der Waals surface area (Å²) in [7, 11) is 0. The van der Waals surface area contributed by atoms with Gasteiger partial charge in [0.1, 0.15) is 0 Å². The molecule has 0 aliphatic rings. The van der Waals surface area contributed by atoms with Crippen molar-refractivity contribution in [1.29, 1.82) is 0 Å². The Morgan fingerprint density at radius 2 is 1.93 bits per heavy atom. The predicted octanol–water partition coefficient (Wildman–Crippen LogP) is 4.01. The Hall–Kier alpha value is -0.790. The van der Waals surface area contributed by atoms with Crippen LogP contribution in [-0.2, 0) is 4.79 Å². The molecule has 0 aromatic carbocycles. The van der Waals surface area contributed by atoms with E-state index in [4.69, 9.17) is 5.11 Å². The zero-order valence-corrected chi connectivity index (χ0v) is 10.3. The van der Waals surface area contributed by atoms with Crippen molar-refractivity contribution in [1.82, 2.24) is 0 Å². The zero-order chi connectivity index (χ0) is 11.7. The van der Waals surface area contributed by atoms with Crippen LogP contribution < -0.4 is 0 Å². The quantitative estimate of drug-likeness (QED) is 0.617. The molecule has 2 heteroatoms. The number of aliphatic carboxylic acids is 1. The lowest BCUT2D eigenvalue weighted by Gasteiger charge is -2.13. The van der Waals surface area contributed by atoms with Crippen LogP contribution in [0.1, 0.15) is 59.3 Å². The van der Waals surface area contributed by atoms with Crippen molar-refractivity contribution in [2.75, 3.05) is 0 Å². The van der Waals surface area contributed by atoms with E-state index in [1.165, 1.54) is 32.1 Å². The van der Waals surface area contributed by atoms with Crippen molar-refractivity contribution in [3.05, 3.63) is 11.6 Å². The van der Waals surface area contributed by atoms with Crippen molar-refractivity contribution < 1.29 is 9.90 Å². The fraction of sp³-hybridized carbons (Fsp3) is 0.769. The number of unbranched alkanes of at least 4 members (excludes halogenated alkanes) is 1. The molecule has 0 fully saturated rings. The third-order valence-electron chi connectivity index (χ3n) is 2.76. The summed E-state index contributed by atoms with van der Waals surface area (Å²) in [5.74, 6) is -0.120. The molecule has 0 radical (unpaired) electrons. The molecule has 2 nitrogen and oxygen atoms in total. The van der Waals surface area contributed by atoms with Crippen LogP contribution in [0.2, 0.25) is 0 Å². The summed E-state index contributed by atoms with van der Waals surface area (Å²) in [5, 5.41) is 8.73. The van der Waals surface area contributed by atoms with Crippen LogP contribution >= 0.6 is 0 Å². The summed E-state index contributed by atoms with van der Waals surface area (Å²) in [4.78, 5) is 10.6. The lowest BCUT2D eigenvalue weighted by molar-refractivity contribution is -0.132. The lowest BCUT2D eigenvalue weighted by Crippen LogP contribution is -2.01. The highest BCUT2D eigenvalue weighted by Crippen LogP contribution is 2.19. The Balaban J connectivity index is 4.04. The standard InChI is InChI=1S/C13H24O2/c1-4-6-8-12(7-5-2)10-9-11(3)13(14)15/h9,12H,4-8,10H2,1-3H3,(H,14,15). The van der Waals surface area contributed by atoms with Gasteiger partial charge in [-0.05, 0) is 19.3 Å². The van der Waals surface area contributed by atoms with Gasteiger partial charge in [0.2, 0.25) is 0 Å². The average molecular weight is 212 g/mol. The summed E-state index contributed by atoms with van der Waals surface area (Å²) in [5.41, 5.74) is 0.479. The molecule has 0 saturated carbocycles. The van der Waals surface area contributed by atoms with Crippen LogP contribution in [0.4, 0.5) is 0 Å². The number of hydrogen-bond acceptors (Lipinski definition) is 1. The van der Waals surface area contributed by atoms with Crippen LogP contribution in [-0.4, -0.2) is 11.1 Å². The highest BCUT2D eigenvalue weighted by molar-refractivity contribution is 5.85. The maximum Gasteiger partial charge on any atom is 0.330 e. The third-order valence-corrected chi connectivity index (χ3v) is 2.76. The van der Waals surface area contributed by atoms with E-state index in [-0.39, 0.29) is 0 Å². The van der Waals surface area contributed by atoms with Crippen LogP contribution in [0.15, 0.2) is 11.6 Å². The Morgan fingerprint density at radius 1 is 1.27 bits per heavy atom. The topological polar surface area (TPSA) is 37.3 Å². The number of hydrogen-bond donors (Lipinski definition) is 1. The molecule has 0 bridgehead atoms. The van der Waals surface area contributed by atoms with Gasteiger partial charge in [-0.1, -0.05) is 52.0 Å². The fourth-order valence-corrected chi connectivity index (χ4v) is 1.71. The van der Waals surface area contributed by atoms with Gasteiger partial charge >= 0.3 is 5.97 Å². The van der Waals surface area contributed by atoms with E-state index in [1.807, 2.05) is 6.08 Å². The van der Waals surface area contributed by atoms with Gasteiger partial charge in [-0.25, -0.2) is 4.79 Å². The van der Waals surface area contributed by atoms with Gasteiger partial charge in [-0.2, -0.15) is 0 Å². The Bertz CT molecular complexity index is 207. The highest BCUT2D eigenvalue weighted by Gasteiger charge is 2.07. The number of allylic oxidation sites excluding steroid dienone is 1. The molecule has 0 rings (SSSR count). The largest absolute Gasteiger partial charge is 0.478 e. The first kappa shape index (κ1) is 14.2. The average Bonchev–Trinajstić information content (AvgIpc) is 2.21. The Morgan fingerprint density at radius 3 is 2.40 bits per heavy atom. The van der Waals surface area contributed by atoms with E-state index in [0.29, 0.717) is 11.5 Å². The second-order valence-electron chi connectivity index (χ2n) is 4.22. The molecular formula is C13H24O2. The first-order valence-electron chi connectivity index (χ1n) is 6.01. The Kier molecular flexibility index (Phi) is 8.06. The predicted molar refractivity (Wildman–Crippen MR) is 63.9 cm³/mol. The molecular weight excluding hydrogens is 188 g/mol. The molecule has 15 heavy (non-hydrogen) atoms. The second-order valence-corrected chi connectivity index (χ2v) is 4.22. The van der Waals surface area contributed by atoms with Crippen LogP contribution in [0.5, 0.6) is 0 Å². The zero-order valence-electron chi connectivity index (χ0n) is 10.3. The molecule has 0 aromatic heterocycles. The first-order valence-corrected chi connectivity index (χ1v) is 6.01. The van der Waals surface area contributed by atoms with E-state index >= 15 is 0 Å². The molecule has 0 heterocycles. The van der Waals surface area contributed by atoms with E-state index in [1.54, 1.807) is 6.92 Å². The van der Waals surface area contributed by atoms with Gasteiger partial charge in [-0.15, -0.1) is 0 Å². The van der Waals surface area contributed by atoms with Crippen LogP contribution in [0.25, 0.3) is 0 Å². The van der Waals surface area contributed by atoms with E-state index in [9.17, 15) is 4.79 Å². The van der Waals surface area contributed by atoms with Crippen LogP contribution in [0, 0.1) is 5.92 Å². The molecule has 0 aliphatic carbocycles. The number of carboxylic acids is 1. The normalized spacial score (nSPS) is 13.9. The van der Waals surface area contributed by atoms with Crippen LogP contribution in [0.3, 0.4) is 0 Å². The Labute approximate surface area is 93.4 Å². The van der Waals surface area contributed by atoms with Gasteiger partial charge < -0.3 is 5.11 Å². The maximum atomic E-state index is 10.6. The summed E-state index contributed by atoms with van der Waals surface area (Å²) in [6, 6.07) is 0. The van der Waals surface area contributed by atoms with Crippen molar-refractivity contribution in [2.24, 2.45) is 5.92 Å². The number of carboxylic acid groups (broad SMARTS) is 1. The summed E-state index contributed by atoms with van der Waals surface area (Å²) >= 11 is 0. The molecule has 0 aromatic rings. The monoisotopic (exact) mass is 212 g/mol. The minimum absolute atomic E-state index is 0.479.